The molecule has 0 radical (unpaired) electrons. The van der Waals surface area contributed by atoms with E-state index in [1.807, 2.05) is 39.0 Å². The summed E-state index contributed by atoms with van der Waals surface area (Å²) in [5, 5.41) is 0. The van der Waals surface area contributed by atoms with E-state index in [-0.39, 0.29) is 6.10 Å². The number of rotatable bonds is 3. The minimum Gasteiger partial charge on any atom is -0.493 e. The summed E-state index contributed by atoms with van der Waals surface area (Å²) in [7, 11) is 1.63. The van der Waals surface area contributed by atoms with Crippen molar-refractivity contribution in [2.45, 2.75) is 26.9 Å². The van der Waals surface area contributed by atoms with Gasteiger partial charge in [0.25, 0.3) is 0 Å². The lowest BCUT2D eigenvalue weighted by molar-refractivity contribution is 0.230. The van der Waals surface area contributed by atoms with Crippen molar-refractivity contribution in [3.8, 4) is 23.3 Å². The Bertz CT molecular complexity index is 383. The highest BCUT2D eigenvalue weighted by molar-refractivity contribution is 5.48. The molecule has 0 aliphatic carbocycles. The molecule has 0 aliphatic rings. The topological polar surface area (TPSA) is 18.5 Å². The Morgan fingerprint density at radius 2 is 1.93 bits per heavy atom. The number of hydrogen-bond donors (Lipinski definition) is 0. The molecule has 0 bridgehead atoms. The third-order valence-corrected chi connectivity index (χ3v) is 1.80. The van der Waals surface area contributed by atoms with E-state index in [9.17, 15) is 0 Å². The fraction of sp³-hybridized carbons (Fsp3) is 0.385. The van der Waals surface area contributed by atoms with Crippen LogP contribution in [0, 0.1) is 11.8 Å². The molecule has 0 aliphatic heterocycles. The lowest BCUT2D eigenvalue weighted by atomic mass is 10.2. The first-order valence-electron chi connectivity index (χ1n) is 4.94. The van der Waals surface area contributed by atoms with Gasteiger partial charge in [-0.3, -0.25) is 0 Å². The second-order valence-electron chi connectivity index (χ2n) is 3.41. The van der Waals surface area contributed by atoms with Gasteiger partial charge in [-0.1, -0.05) is 5.92 Å². The highest BCUT2D eigenvalue weighted by atomic mass is 16.5. The van der Waals surface area contributed by atoms with Gasteiger partial charge in [-0.15, -0.1) is 5.92 Å². The van der Waals surface area contributed by atoms with Gasteiger partial charge in [0.05, 0.1) is 13.2 Å². The molecule has 0 N–H and O–H groups in total. The van der Waals surface area contributed by atoms with Crippen molar-refractivity contribution in [3.63, 3.8) is 0 Å². The van der Waals surface area contributed by atoms with Gasteiger partial charge in [-0.05, 0) is 39.0 Å². The van der Waals surface area contributed by atoms with Crippen molar-refractivity contribution in [2.24, 2.45) is 0 Å². The number of ether oxygens (including phenoxy) is 2. The van der Waals surface area contributed by atoms with Gasteiger partial charge in [-0.25, -0.2) is 0 Å². The summed E-state index contributed by atoms with van der Waals surface area (Å²) in [6, 6.07) is 5.69. The highest BCUT2D eigenvalue weighted by Crippen LogP contribution is 2.28. The van der Waals surface area contributed by atoms with Crippen LogP contribution in [0.5, 0.6) is 11.5 Å². The zero-order valence-electron chi connectivity index (χ0n) is 9.63. The maximum atomic E-state index is 5.63. The molecule has 0 heterocycles. The van der Waals surface area contributed by atoms with Crippen LogP contribution in [-0.4, -0.2) is 13.2 Å². The second kappa shape index (κ2) is 5.31. The van der Waals surface area contributed by atoms with E-state index < -0.39 is 0 Å². The third-order valence-electron chi connectivity index (χ3n) is 1.80. The van der Waals surface area contributed by atoms with Gasteiger partial charge >= 0.3 is 0 Å². The molecule has 0 unspecified atom stereocenters. The van der Waals surface area contributed by atoms with E-state index in [4.69, 9.17) is 9.47 Å². The molecule has 0 atom stereocenters. The molecule has 0 aromatic heterocycles. The lowest BCUT2D eigenvalue weighted by Gasteiger charge is -2.13. The average Bonchev–Trinajstić information content (AvgIpc) is 2.18. The van der Waals surface area contributed by atoms with Crippen LogP contribution < -0.4 is 9.47 Å². The first-order valence-corrected chi connectivity index (χ1v) is 4.94. The minimum absolute atomic E-state index is 0.128. The average molecular weight is 204 g/mol. The van der Waals surface area contributed by atoms with E-state index in [0.717, 1.165) is 17.1 Å². The minimum atomic E-state index is 0.128. The van der Waals surface area contributed by atoms with Crippen LogP contribution in [0.25, 0.3) is 0 Å². The van der Waals surface area contributed by atoms with Gasteiger partial charge in [-0.2, -0.15) is 0 Å². The SMILES string of the molecule is CC#Cc1ccc(OC)c(OC(C)C)c1. The van der Waals surface area contributed by atoms with Crippen molar-refractivity contribution < 1.29 is 9.47 Å². The maximum absolute atomic E-state index is 5.63. The Hall–Kier alpha value is -1.62. The molecule has 1 aromatic carbocycles. The van der Waals surface area contributed by atoms with Crippen LogP contribution in [0.1, 0.15) is 26.3 Å². The monoisotopic (exact) mass is 204 g/mol. The molecule has 0 saturated heterocycles. The van der Waals surface area contributed by atoms with Crippen molar-refractivity contribution in [1.29, 1.82) is 0 Å². The molecule has 80 valence electrons. The van der Waals surface area contributed by atoms with E-state index in [0.29, 0.717) is 0 Å². The quantitative estimate of drug-likeness (QED) is 0.705. The molecule has 15 heavy (non-hydrogen) atoms. The van der Waals surface area contributed by atoms with Gasteiger partial charge in [0.1, 0.15) is 0 Å². The number of hydrogen-bond acceptors (Lipinski definition) is 2. The molecule has 0 amide bonds. The van der Waals surface area contributed by atoms with E-state index >= 15 is 0 Å². The van der Waals surface area contributed by atoms with Gasteiger partial charge in [0, 0.05) is 5.56 Å². The first-order chi connectivity index (χ1) is 7.17. The Kier molecular flexibility index (Phi) is 4.05. The van der Waals surface area contributed by atoms with Crippen molar-refractivity contribution in [1.82, 2.24) is 0 Å². The third kappa shape index (κ3) is 3.21. The summed E-state index contributed by atoms with van der Waals surface area (Å²) >= 11 is 0. The zero-order valence-corrected chi connectivity index (χ0v) is 9.63. The highest BCUT2D eigenvalue weighted by Gasteiger charge is 2.06. The van der Waals surface area contributed by atoms with Crippen molar-refractivity contribution >= 4 is 0 Å². The Labute approximate surface area is 91.2 Å². The van der Waals surface area contributed by atoms with E-state index in [2.05, 4.69) is 11.8 Å². The smallest absolute Gasteiger partial charge is 0.162 e. The Balaban J connectivity index is 3.05. The van der Waals surface area contributed by atoms with Crippen LogP contribution >= 0.6 is 0 Å². The second-order valence-corrected chi connectivity index (χ2v) is 3.41. The maximum Gasteiger partial charge on any atom is 0.162 e. The van der Waals surface area contributed by atoms with Crippen molar-refractivity contribution in [2.75, 3.05) is 7.11 Å². The summed E-state index contributed by atoms with van der Waals surface area (Å²) in [4.78, 5) is 0. The summed E-state index contributed by atoms with van der Waals surface area (Å²) in [5.41, 5.74) is 0.939. The standard InChI is InChI=1S/C13H16O2/c1-5-6-11-7-8-12(14-4)13(9-11)15-10(2)3/h7-10H,1-4H3. The molecule has 0 spiro atoms. The summed E-state index contributed by atoms with van der Waals surface area (Å²) in [6.07, 6.45) is 0.128. The summed E-state index contributed by atoms with van der Waals surface area (Å²) in [5.74, 6) is 7.33. The van der Waals surface area contributed by atoms with Crippen molar-refractivity contribution in [3.05, 3.63) is 23.8 Å². The molecule has 1 aromatic rings. The lowest BCUT2D eigenvalue weighted by Crippen LogP contribution is -2.06. The predicted molar refractivity (Wildman–Crippen MR) is 61.3 cm³/mol. The first kappa shape index (κ1) is 11.5. The summed E-state index contributed by atoms with van der Waals surface area (Å²) in [6.45, 7) is 5.78. The van der Waals surface area contributed by atoms with Crippen LogP contribution in [0.2, 0.25) is 0 Å². The van der Waals surface area contributed by atoms with Crippen LogP contribution in [-0.2, 0) is 0 Å². The van der Waals surface area contributed by atoms with E-state index in [1.54, 1.807) is 7.11 Å². The van der Waals surface area contributed by atoms with Crippen LogP contribution in [0.3, 0.4) is 0 Å². The van der Waals surface area contributed by atoms with Gasteiger partial charge in [0.2, 0.25) is 0 Å². The molecular formula is C13H16O2. The fourth-order valence-corrected chi connectivity index (χ4v) is 1.24. The zero-order chi connectivity index (χ0) is 11.3. The number of benzene rings is 1. The molecule has 2 heteroatoms. The van der Waals surface area contributed by atoms with Crippen LogP contribution in [0.15, 0.2) is 18.2 Å². The fourth-order valence-electron chi connectivity index (χ4n) is 1.24. The molecule has 0 fully saturated rings. The number of methoxy groups -OCH3 is 1. The van der Waals surface area contributed by atoms with Gasteiger partial charge < -0.3 is 9.47 Å². The molecule has 0 saturated carbocycles. The molecular weight excluding hydrogens is 188 g/mol. The van der Waals surface area contributed by atoms with Gasteiger partial charge in [0.15, 0.2) is 11.5 Å². The molecule has 2 nitrogen and oxygen atoms in total. The Morgan fingerprint density at radius 1 is 1.20 bits per heavy atom. The van der Waals surface area contributed by atoms with E-state index in [1.165, 1.54) is 0 Å². The summed E-state index contributed by atoms with van der Waals surface area (Å²) < 4.78 is 10.8. The normalized spacial score (nSPS) is 9.40. The Morgan fingerprint density at radius 3 is 2.47 bits per heavy atom. The van der Waals surface area contributed by atoms with Crippen LogP contribution in [0.4, 0.5) is 0 Å². The molecule has 1 rings (SSSR count). The predicted octanol–water partition coefficient (Wildman–Crippen LogP) is 2.85. The largest absolute Gasteiger partial charge is 0.493 e.